The van der Waals surface area contributed by atoms with Crippen molar-refractivity contribution in [2.24, 2.45) is 0 Å². The molecule has 1 rings (SSSR count). The molecule has 0 bridgehead atoms. The van der Waals surface area contributed by atoms with Crippen LogP contribution in [-0.2, 0) is 29.3 Å². The summed E-state index contributed by atoms with van der Waals surface area (Å²) in [5.74, 6) is 0. The van der Waals surface area contributed by atoms with Crippen LogP contribution in [0.3, 0.4) is 0 Å². The predicted molar refractivity (Wildman–Crippen MR) is 137 cm³/mol. The Hall–Kier alpha value is 0.916. The molecule has 0 radical (unpaired) electrons. The van der Waals surface area contributed by atoms with Gasteiger partial charge < -0.3 is 0 Å². The van der Waals surface area contributed by atoms with Crippen molar-refractivity contribution in [1.29, 1.82) is 0 Å². The Kier molecular flexibility index (Phi) is 9.87. The van der Waals surface area contributed by atoms with Gasteiger partial charge in [-0.3, -0.25) is 0 Å². The molecule has 0 aromatic rings. The maximum atomic E-state index is 5.83. The van der Waals surface area contributed by atoms with Crippen LogP contribution in [0.5, 0.6) is 0 Å². The Bertz CT molecular complexity index is 560. The summed E-state index contributed by atoms with van der Waals surface area (Å²) in [4.78, 5) is 0. The molecule has 176 valence electrons. The van der Waals surface area contributed by atoms with Gasteiger partial charge in [-0.05, 0) is 0 Å². The van der Waals surface area contributed by atoms with Gasteiger partial charge in [-0.1, -0.05) is 0 Å². The fourth-order valence-electron chi connectivity index (χ4n) is 3.96. The molecule has 0 spiro atoms. The van der Waals surface area contributed by atoms with E-state index in [0.717, 1.165) is 6.04 Å². The topological polar surface area (TPSA) is 27.7 Å². The summed E-state index contributed by atoms with van der Waals surface area (Å²) in [5.41, 5.74) is 1.52. The first-order valence-electron chi connectivity index (χ1n) is 10.6. The summed E-state index contributed by atoms with van der Waals surface area (Å²) in [6, 6.07) is 0.830. The minimum atomic E-state index is -2.63. The van der Waals surface area contributed by atoms with Gasteiger partial charge in [0, 0.05) is 0 Å². The van der Waals surface area contributed by atoms with Gasteiger partial charge in [-0.2, -0.15) is 0 Å². The molecular formula is C21H48O3PtSi4. The van der Waals surface area contributed by atoms with Gasteiger partial charge in [-0.25, -0.2) is 0 Å². The summed E-state index contributed by atoms with van der Waals surface area (Å²) in [6.45, 7) is 23.4. The SMILES string of the molecule is CO[Si](CC1=[C]([Pt]([CH2][Si](C)(C)C)([CH2][Si](C)(C)C)[CH2][Si](C)(C)C)CC=C1)(OC)OC. The van der Waals surface area contributed by atoms with Gasteiger partial charge in [-0.15, -0.1) is 0 Å². The van der Waals surface area contributed by atoms with Crippen LogP contribution in [0, 0.1) is 0 Å². The Labute approximate surface area is 189 Å². The molecule has 0 amide bonds. The van der Waals surface area contributed by atoms with Gasteiger partial charge >= 0.3 is 190 Å². The van der Waals surface area contributed by atoms with Crippen LogP contribution in [0.25, 0.3) is 0 Å². The zero-order chi connectivity index (χ0) is 22.7. The zero-order valence-electron chi connectivity index (χ0n) is 21.2. The van der Waals surface area contributed by atoms with Crippen molar-refractivity contribution in [1.82, 2.24) is 0 Å². The van der Waals surface area contributed by atoms with Crippen molar-refractivity contribution >= 4 is 33.0 Å². The van der Waals surface area contributed by atoms with Crippen molar-refractivity contribution in [3.05, 3.63) is 21.7 Å². The van der Waals surface area contributed by atoms with Crippen molar-refractivity contribution in [2.75, 3.05) is 21.3 Å². The fourth-order valence-corrected chi connectivity index (χ4v) is 68.0. The quantitative estimate of drug-likeness (QED) is 0.210. The van der Waals surface area contributed by atoms with E-state index in [1.54, 1.807) is 34.6 Å². The number of allylic oxidation sites excluding steroid dienone is 4. The van der Waals surface area contributed by atoms with E-state index >= 15 is 0 Å². The molecule has 0 atom stereocenters. The second-order valence-electron chi connectivity index (χ2n) is 11.8. The van der Waals surface area contributed by atoms with Crippen LogP contribution in [0.2, 0.25) is 78.3 Å². The first kappa shape index (κ1) is 27.9. The van der Waals surface area contributed by atoms with E-state index in [-0.39, 0.29) is 0 Å². The molecule has 0 saturated heterocycles. The normalized spacial score (nSPS) is 17.4. The molecule has 1 aliphatic carbocycles. The molecule has 0 heterocycles. The summed E-state index contributed by atoms with van der Waals surface area (Å²) in [7, 11) is -0.957. The fraction of sp³-hybridized carbons (Fsp3) is 0.810. The molecule has 0 fully saturated rings. The van der Waals surface area contributed by atoms with Gasteiger partial charge in [0.25, 0.3) is 0 Å². The summed E-state index contributed by atoms with van der Waals surface area (Å²) in [6.07, 6.45) is 5.99. The van der Waals surface area contributed by atoms with E-state index < -0.39 is 49.1 Å². The van der Waals surface area contributed by atoms with Crippen molar-refractivity contribution in [3.8, 4) is 0 Å². The van der Waals surface area contributed by atoms with E-state index in [1.165, 1.54) is 12.0 Å². The monoisotopic (exact) mass is 655 g/mol. The third-order valence-corrected chi connectivity index (χ3v) is 49.9. The summed E-state index contributed by atoms with van der Waals surface area (Å²) >= 11 is -2.19. The maximum absolute atomic E-state index is 5.83. The molecule has 0 N–H and O–H groups in total. The third-order valence-electron chi connectivity index (χ3n) is 4.33. The molecule has 0 aromatic carbocycles. The van der Waals surface area contributed by atoms with E-state index in [4.69, 9.17) is 13.3 Å². The first-order chi connectivity index (χ1) is 13.0. The molecule has 0 aliphatic heterocycles. The second-order valence-corrected chi connectivity index (χ2v) is 45.2. The molecule has 8 heteroatoms. The second kappa shape index (κ2) is 10.2. The Balaban J connectivity index is 3.63. The molecule has 0 saturated carbocycles. The van der Waals surface area contributed by atoms with Gasteiger partial charge in [0.1, 0.15) is 0 Å². The first-order valence-corrected chi connectivity index (χ1v) is 29.6. The van der Waals surface area contributed by atoms with E-state index in [1.807, 2.05) is 3.96 Å². The molecule has 0 aromatic heterocycles. The summed E-state index contributed by atoms with van der Waals surface area (Å²) < 4.78 is 24.1. The molecule has 29 heavy (non-hydrogen) atoms. The van der Waals surface area contributed by atoms with Gasteiger partial charge in [0.05, 0.1) is 0 Å². The average molecular weight is 656 g/mol. The van der Waals surface area contributed by atoms with Crippen molar-refractivity contribution in [2.45, 2.75) is 84.7 Å². The zero-order valence-corrected chi connectivity index (χ0v) is 27.5. The van der Waals surface area contributed by atoms with Gasteiger partial charge in [0.2, 0.25) is 0 Å². The van der Waals surface area contributed by atoms with Crippen LogP contribution >= 0.6 is 0 Å². The summed E-state index contributed by atoms with van der Waals surface area (Å²) in [5, 5.41) is 0. The number of hydrogen-bond acceptors (Lipinski definition) is 3. The van der Waals surface area contributed by atoms with Crippen LogP contribution in [0.15, 0.2) is 21.7 Å². The Morgan fingerprint density at radius 2 is 1.10 bits per heavy atom. The Morgan fingerprint density at radius 3 is 1.41 bits per heavy atom. The van der Waals surface area contributed by atoms with Crippen LogP contribution in [0.1, 0.15) is 6.42 Å². The Morgan fingerprint density at radius 1 is 0.724 bits per heavy atom. The van der Waals surface area contributed by atoms with E-state index in [9.17, 15) is 0 Å². The van der Waals surface area contributed by atoms with E-state index in [0.29, 0.717) is 0 Å². The minimum absolute atomic E-state index is 0.830. The van der Waals surface area contributed by atoms with Gasteiger partial charge in [0.15, 0.2) is 0 Å². The molecule has 3 nitrogen and oxygen atoms in total. The van der Waals surface area contributed by atoms with Crippen molar-refractivity contribution < 1.29 is 29.3 Å². The van der Waals surface area contributed by atoms with Crippen LogP contribution in [-0.4, -0.2) is 54.4 Å². The standard InChI is InChI=1S/C9H15O3Si.3C4H11Si.Pt/c1-10-13(11-2,12-3)8-9-6-4-5-7-9;3*1-5(2,3)4;/h4,6H,5,8H2,1-3H3;3*1H2,2-4H3;. The third kappa shape index (κ3) is 8.75. The van der Waals surface area contributed by atoms with Crippen molar-refractivity contribution in [3.63, 3.8) is 0 Å². The predicted octanol–water partition coefficient (Wildman–Crippen LogP) is 7.12. The molecular weight excluding hydrogens is 608 g/mol. The van der Waals surface area contributed by atoms with Crippen LogP contribution < -0.4 is 0 Å². The number of hydrogen-bond donors (Lipinski definition) is 0. The van der Waals surface area contributed by atoms with E-state index in [2.05, 4.69) is 71.1 Å². The van der Waals surface area contributed by atoms with Crippen LogP contribution in [0.4, 0.5) is 0 Å². The molecule has 0 unspecified atom stereocenters. The number of rotatable bonds is 12. The molecule has 1 aliphatic rings. The average Bonchev–Trinajstić information content (AvgIpc) is 2.96.